The number of carbonyl (C=O) groups excluding carboxylic acids is 1. The predicted octanol–water partition coefficient (Wildman–Crippen LogP) is 3.84. The SMILES string of the molecule is CC1CN(Cc2ccc(C(=O)O)cc2C(F)(F)F)CCN1C(=O)OC(C)(C)C. The molecule has 1 aliphatic heterocycles. The summed E-state index contributed by atoms with van der Waals surface area (Å²) >= 11 is 0. The third-order valence-electron chi connectivity index (χ3n) is 4.40. The van der Waals surface area contributed by atoms with Gasteiger partial charge in [0.05, 0.1) is 11.1 Å². The molecule has 1 heterocycles. The van der Waals surface area contributed by atoms with Crippen LogP contribution in [-0.4, -0.2) is 58.2 Å². The standard InChI is InChI=1S/C19H25F3N2O4/c1-12-10-23(7-8-24(12)17(27)28-18(2,3)4)11-14-6-5-13(16(25)26)9-15(14)19(20,21)22/h5-6,9,12H,7-8,10-11H2,1-4H3,(H,25,26). The average molecular weight is 402 g/mol. The molecular formula is C19H25F3N2O4. The number of piperazine rings is 1. The Morgan fingerprint density at radius 3 is 2.36 bits per heavy atom. The number of halogens is 3. The van der Waals surface area contributed by atoms with Crippen LogP contribution < -0.4 is 0 Å². The van der Waals surface area contributed by atoms with E-state index < -0.39 is 35.0 Å². The summed E-state index contributed by atoms with van der Waals surface area (Å²) in [6.07, 6.45) is -5.09. The summed E-state index contributed by atoms with van der Waals surface area (Å²) in [5.74, 6) is -1.41. The first-order valence-electron chi connectivity index (χ1n) is 8.93. The van der Waals surface area contributed by atoms with Gasteiger partial charge in [0.2, 0.25) is 0 Å². The highest BCUT2D eigenvalue weighted by atomic mass is 19.4. The molecule has 28 heavy (non-hydrogen) atoms. The molecule has 1 atom stereocenters. The van der Waals surface area contributed by atoms with Crippen molar-refractivity contribution in [1.29, 1.82) is 0 Å². The smallest absolute Gasteiger partial charge is 0.416 e. The van der Waals surface area contributed by atoms with Crippen molar-refractivity contribution >= 4 is 12.1 Å². The quantitative estimate of drug-likeness (QED) is 0.832. The van der Waals surface area contributed by atoms with Crippen LogP contribution in [-0.2, 0) is 17.5 Å². The van der Waals surface area contributed by atoms with Crippen molar-refractivity contribution in [3.05, 3.63) is 34.9 Å². The van der Waals surface area contributed by atoms with Crippen LogP contribution in [0.3, 0.4) is 0 Å². The van der Waals surface area contributed by atoms with E-state index in [2.05, 4.69) is 0 Å². The minimum atomic E-state index is -4.65. The van der Waals surface area contributed by atoms with E-state index in [4.69, 9.17) is 9.84 Å². The zero-order valence-electron chi connectivity index (χ0n) is 16.3. The zero-order chi connectivity index (χ0) is 21.3. The van der Waals surface area contributed by atoms with Crippen LogP contribution in [0.5, 0.6) is 0 Å². The Bertz CT molecular complexity index is 744. The zero-order valence-corrected chi connectivity index (χ0v) is 16.3. The maximum absolute atomic E-state index is 13.4. The maximum Gasteiger partial charge on any atom is 0.416 e. The number of ether oxygens (including phenoxy) is 1. The number of nitrogens with zero attached hydrogens (tertiary/aromatic N) is 2. The monoisotopic (exact) mass is 402 g/mol. The lowest BCUT2D eigenvalue weighted by Gasteiger charge is -2.40. The van der Waals surface area contributed by atoms with Gasteiger partial charge in [-0.3, -0.25) is 4.90 Å². The second-order valence-electron chi connectivity index (χ2n) is 7.93. The van der Waals surface area contributed by atoms with Crippen molar-refractivity contribution in [1.82, 2.24) is 9.80 Å². The Labute approximate surface area is 161 Å². The maximum atomic E-state index is 13.4. The lowest BCUT2D eigenvalue weighted by atomic mass is 10.0. The Morgan fingerprint density at radius 2 is 1.86 bits per heavy atom. The van der Waals surface area contributed by atoms with Gasteiger partial charge < -0.3 is 14.7 Å². The fourth-order valence-electron chi connectivity index (χ4n) is 3.12. The molecule has 0 bridgehead atoms. The highest BCUT2D eigenvalue weighted by molar-refractivity contribution is 5.88. The Hall–Kier alpha value is -2.29. The number of aromatic carboxylic acids is 1. The van der Waals surface area contributed by atoms with Crippen LogP contribution >= 0.6 is 0 Å². The minimum Gasteiger partial charge on any atom is -0.478 e. The van der Waals surface area contributed by atoms with Gasteiger partial charge in [-0.1, -0.05) is 6.07 Å². The number of carboxylic acid groups (broad SMARTS) is 1. The Balaban J connectivity index is 2.12. The molecule has 0 saturated carbocycles. The fraction of sp³-hybridized carbons (Fsp3) is 0.579. The van der Waals surface area contributed by atoms with Crippen molar-refractivity contribution in [3.63, 3.8) is 0 Å². The third kappa shape index (κ3) is 5.60. The van der Waals surface area contributed by atoms with Gasteiger partial charge in [0.25, 0.3) is 0 Å². The van der Waals surface area contributed by atoms with Crippen LogP contribution in [0, 0.1) is 0 Å². The van der Waals surface area contributed by atoms with Gasteiger partial charge in [-0.15, -0.1) is 0 Å². The number of carboxylic acids is 1. The molecule has 0 aromatic heterocycles. The Morgan fingerprint density at radius 1 is 1.21 bits per heavy atom. The second-order valence-corrected chi connectivity index (χ2v) is 7.93. The summed E-state index contributed by atoms with van der Waals surface area (Å²) in [6, 6.07) is 2.82. The van der Waals surface area contributed by atoms with Gasteiger partial charge in [0, 0.05) is 32.2 Å². The molecule has 1 aromatic carbocycles. The molecule has 1 saturated heterocycles. The van der Waals surface area contributed by atoms with E-state index in [0.717, 1.165) is 0 Å². The molecule has 0 aliphatic carbocycles. The second kappa shape index (κ2) is 7.98. The highest BCUT2D eigenvalue weighted by Crippen LogP contribution is 2.33. The molecule has 1 N–H and O–H groups in total. The Kier molecular flexibility index (Phi) is 6.27. The van der Waals surface area contributed by atoms with E-state index in [1.54, 1.807) is 25.7 Å². The molecule has 9 heteroatoms. The molecule has 6 nitrogen and oxygen atoms in total. The summed E-state index contributed by atoms with van der Waals surface area (Å²) in [4.78, 5) is 26.6. The van der Waals surface area contributed by atoms with Gasteiger partial charge in [0.1, 0.15) is 5.60 Å². The van der Waals surface area contributed by atoms with Crippen LogP contribution in [0.1, 0.15) is 49.2 Å². The van der Waals surface area contributed by atoms with Crippen LogP contribution in [0.4, 0.5) is 18.0 Å². The largest absolute Gasteiger partial charge is 0.478 e. The van der Waals surface area contributed by atoms with Crippen LogP contribution in [0.2, 0.25) is 0 Å². The van der Waals surface area contributed by atoms with Gasteiger partial charge in [0.15, 0.2) is 0 Å². The number of carbonyl (C=O) groups is 2. The molecule has 1 aliphatic rings. The molecule has 1 unspecified atom stereocenters. The third-order valence-corrected chi connectivity index (χ3v) is 4.40. The molecule has 2 rings (SSSR count). The van der Waals surface area contributed by atoms with Crippen LogP contribution in [0.15, 0.2) is 18.2 Å². The van der Waals surface area contributed by atoms with Crippen molar-refractivity contribution in [2.45, 2.75) is 52.1 Å². The molecule has 0 radical (unpaired) electrons. The number of hydrogen-bond acceptors (Lipinski definition) is 4. The highest BCUT2D eigenvalue weighted by Gasteiger charge is 2.36. The number of amides is 1. The van der Waals surface area contributed by atoms with E-state index in [1.807, 2.05) is 11.8 Å². The molecule has 1 fully saturated rings. The van der Waals surface area contributed by atoms with Crippen LogP contribution in [0.25, 0.3) is 0 Å². The molecule has 1 aromatic rings. The number of hydrogen-bond donors (Lipinski definition) is 1. The first-order chi connectivity index (χ1) is 12.8. The van der Waals surface area contributed by atoms with Crippen molar-refractivity contribution < 1.29 is 32.6 Å². The van der Waals surface area contributed by atoms with Gasteiger partial charge in [-0.2, -0.15) is 13.2 Å². The normalized spacial score (nSPS) is 18.8. The van der Waals surface area contributed by atoms with Crippen molar-refractivity contribution in [3.8, 4) is 0 Å². The summed E-state index contributed by atoms with van der Waals surface area (Å²) in [5.41, 5.74) is -1.97. The summed E-state index contributed by atoms with van der Waals surface area (Å²) in [6.45, 7) is 8.25. The van der Waals surface area contributed by atoms with E-state index >= 15 is 0 Å². The van der Waals surface area contributed by atoms with Gasteiger partial charge in [-0.05, 0) is 45.4 Å². The summed E-state index contributed by atoms with van der Waals surface area (Å²) in [7, 11) is 0. The van der Waals surface area contributed by atoms with E-state index in [9.17, 15) is 22.8 Å². The van der Waals surface area contributed by atoms with Crippen molar-refractivity contribution in [2.24, 2.45) is 0 Å². The molecular weight excluding hydrogens is 377 g/mol. The lowest BCUT2D eigenvalue weighted by Crippen LogP contribution is -2.54. The summed E-state index contributed by atoms with van der Waals surface area (Å²) in [5, 5.41) is 8.96. The minimum absolute atomic E-state index is 0.00965. The van der Waals surface area contributed by atoms with E-state index in [1.165, 1.54) is 12.1 Å². The molecule has 1 amide bonds. The molecule has 156 valence electrons. The lowest BCUT2D eigenvalue weighted by molar-refractivity contribution is -0.138. The van der Waals surface area contributed by atoms with Crippen molar-refractivity contribution in [2.75, 3.05) is 19.6 Å². The van der Waals surface area contributed by atoms with Gasteiger partial charge in [-0.25, -0.2) is 9.59 Å². The average Bonchev–Trinajstić information content (AvgIpc) is 2.52. The summed E-state index contributed by atoms with van der Waals surface area (Å²) < 4.78 is 45.5. The van der Waals surface area contributed by atoms with Gasteiger partial charge >= 0.3 is 18.2 Å². The number of alkyl halides is 3. The first-order valence-corrected chi connectivity index (χ1v) is 8.93. The number of rotatable bonds is 3. The van der Waals surface area contributed by atoms with E-state index in [0.29, 0.717) is 25.7 Å². The predicted molar refractivity (Wildman–Crippen MR) is 96.1 cm³/mol. The van der Waals surface area contributed by atoms with E-state index in [-0.39, 0.29) is 18.2 Å². The molecule has 0 spiro atoms. The topological polar surface area (TPSA) is 70.1 Å². The number of benzene rings is 1. The fourth-order valence-corrected chi connectivity index (χ4v) is 3.12. The first kappa shape index (κ1) is 22.0.